The molecule has 4 heteroatoms. The number of aliphatic hydroxyl groups excluding tert-OH is 1. The normalized spacial score (nSPS) is 11.4. The van der Waals surface area contributed by atoms with E-state index >= 15 is 0 Å². The molecule has 3 aromatic rings. The summed E-state index contributed by atoms with van der Waals surface area (Å²) in [5.74, 6) is 0.575. The third-order valence-corrected chi connectivity index (χ3v) is 2.81. The monoisotopic (exact) mass is 213 g/mol. The average molecular weight is 213 g/mol. The second-order valence-corrected chi connectivity index (χ2v) is 3.81. The van der Waals surface area contributed by atoms with Gasteiger partial charge in [-0.3, -0.25) is 4.40 Å². The summed E-state index contributed by atoms with van der Waals surface area (Å²) in [5, 5.41) is 18.4. The Morgan fingerprint density at radius 1 is 1.25 bits per heavy atom. The molecule has 0 atom stereocenters. The first-order valence-corrected chi connectivity index (χ1v) is 5.14. The van der Waals surface area contributed by atoms with Gasteiger partial charge < -0.3 is 5.11 Å². The second kappa shape index (κ2) is 3.28. The molecule has 0 amide bonds. The topological polar surface area (TPSA) is 50.4 Å². The van der Waals surface area contributed by atoms with Crippen molar-refractivity contribution in [1.82, 2.24) is 14.6 Å². The Hall–Kier alpha value is -1.94. The number of aliphatic hydroxyl groups is 1. The van der Waals surface area contributed by atoms with Gasteiger partial charge in [0.25, 0.3) is 0 Å². The lowest BCUT2D eigenvalue weighted by Crippen LogP contribution is -1.96. The van der Waals surface area contributed by atoms with E-state index in [2.05, 4.69) is 23.2 Å². The second-order valence-electron chi connectivity index (χ2n) is 3.81. The van der Waals surface area contributed by atoms with Crippen LogP contribution in [0.15, 0.2) is 30.3 Å². The van der Waals surface area contributed by atoms with Crippen molar-refractivity contribution < 1.29 is 5.11 Å². The zero-order chi connectivity index (χ0) is 11.1. The Morgan fingerprint density at radius 3 is 2.88 bits per heavy atom. The van der Waals surface area contributed by atoms with Gasteiger partial charge in [0, 0.05) is 5.39 Å². The molecule has 0 aliphatic heterocycles. The highest BCUT2D eigenvalue weighted by molar-refractivity contribution is 5.85. The van der Waals surface area contributed by atoms with Crippen molar-refractivity contribution in [2.75, 3.05) is 0 Å². The van der Waals surface area contributed by atoms with Crippen molar-refractivity contribution >= 4 is 16.6 Å². The molecule has 0 unspecified atom stereocenters. The number of hydrogen-bond acceptors (Lipinski definition) is 3. The fourth-order valence-electron chi connectivity index (χ4n) is 2.06. The number of benzene rings is 1. The van der Waals surface area contributed by atoms with Crippen LogP contribution in [-0.4, -0.2) is 19.7 Å². The first-order valence-electron chi connectivity index (χ1n) is 5.14. The molecule has 1 aromatic carbocycles. The van der Waals surface area contributed by atoms with Gasteiger partial charge in [0.15, 0.2) is 11.5 Å². The molecule has 80 valence electrons. The van der Waals surface area contributed by atoms with Crippen molar-refractivity contribution in [3.05, 3.63) is 41.7 Å². The van der Waals surface area contributed by atoms with Gasteiger partial charge in [0.1, 0.15) is 6.61 Å². The first kappa shape index (κ1) is 9.30. The summed E-state index contributed by atoms with van der Waals surface area (Å²) in [4.78, 5) is 0. The Labute approximate surface area is 92.2 Å². The summed E-state index contributed by atoms with van der Waals surface area (Å²) in [6, 6.07) is 10.0. The van der Waals surface area contributed by atoms with Gasteiger partial charge in [-0.15, -0.1) is 10.2 Å². The van der Waals surface area contributed by atoms with Crippen molar-refractivity contribution in [2.24, 2.45) is 0 Å². The van der Waals surface area contributed by atoms with Crippen LogP contribution in [0.25, 0.3) is 16.6 Å². The van der Waals surface area contributed by atoms with Gasteiger partial charge in [-0.25, -0.2) is 0 Å². The minimum atomic E-state index is -0.103. The van der Waals surface area contributed by atoms with E-state index in [4.69, 9.17) is 0 Å². The fraction of sp³-hybridized carbons (Fsp3) is 0.167. The molecule has 3 rings (SSSR count). The quantitative estimate of drug-likeness (QED) is 0.669. The van der Waals surface area contributed by atoms with Crippen LogP contribution in [0.3, 0.4) is 0 Å². The Balaban J connectivity index is 2.59. The molecule has 1 N–H and O–H groups in total. The van der Waals surface area contributed by atoms with Gasteiger partial charge in [0.2, 0.25) is 0 Å². The molecule has 0 spiro atoms. The summed E-state index contributed by atoms with van der Waals surface area (Å²) >= 11 is 0. The lowest BCUT2D eigenvalue weighted by atomic mass is 10.1. The molecule has 0 aliphatic carbocycles. The number of aromatic nitrogens is 3. The molecule has 0 saturated carbocycles. The minimum absolute atomic E-state index is 0.103. The van der Waals surface area contributed by atoms with E-state index in [1.165, 1.54) is 5.56 Å². The van der Waals surface area contributed by atoms with Crippen LogP contribution in [0, 0.1) is 6.92 Å². The molecular formula is C12H11N3O. The smallest absolute Gasteiger partial charge is 0.163 e. The maximum Gasteiger partial charge on any atom is 0.163 e. The number of hydrogen-bond donors (Lipinski definition) is 1. The highest BCUT2D eigenvalue weighted by Gasteiger charge is 2.09. The van der Waals surface area contributed by atoms with E-state index < -0.39 is 0 Å². The molecule has 0 radical (unpaired) electrons. The van der Waals surface area contributed by atoms with Crippen LogP contribution in [0.2, 0.25) is 0 Å². The standard InChI is InChI=1S/C12H11N3O/c1-8-6-11-13-14-12(7-16)15(11)10-5-3-2-4-9(8)10/h2-6,16H,7H2,1H3. The van der Waals surface area contributed by atoms with E-state index in [-0.39, 0.29) is 6.61 Å². The molecule has 2 heterocycles. The van der Waals surface area contributed by atoms with Crippen LogP contribution >= 0.6 is 0 Å². The van der Waals surface area contributed by atoms with Crippen molar-refractivity contribution in [1.29, 1.82) is 0 Å². The van der Waals surface area contributed by atoms with Gasteiger partial charge in [-0.05, 0) is 24.6 Å². The lowest BCUT2D eigenvalue weighted by Gasteiger charge is -2.05. The van der Waals surface area contributed by atoms with Gasteiger partial charge in [-0.2, -0.15) is 0 Å². The number of para-hydroxylation sites is 1. The van der Waals surface area contributed by atoms with E-state index in [1.54, 1.807) is 0 Å². The van der Waals surface area contributed by atoms with E-state index in [0.29, 0.717) is 5.82 Å². The third kappa shape index (κ3) is 1.13. The van der Waals surface area contributed by atoms with Crippen molar-refractivity contribution in [2.45, 2.75) is 13.5 Å². The highest BCUT2D eigenvalue weighted by atomic mass is 16.3. The number of rotatable bonds is 1. The lowest BCUT2D eigenvalue weighted by molar-refractivity contribution is 0.270. The van der Waals surface area contributed by atoms with Gasteiger partial charge in [-0.1, -0.05) is 18.2 Å². The zero-order valence-corrected chi connectivity index (χ0v) is 8.88. The number of pyridine rings is 1. The molecule has 0 saturated heterocycles. The summed E-state index contributed by atoms with van der Waals surface area (Å²) in [7, 11) is 0. The van der Waals surface area contributed by atoms with Crippen molar-refractivity contribution in [3.8, 4) is 0 Å². The highest BCUT2D eigenvalue weighted by Crippen LogP contribution is 2.21. The van der Waals surface area contributed by atoms with Crippen LogP contribution < -0.4 is 0 Å². The molecule has 0 aliphatic rings. The summed E-state index contributed by atoms with van der Waals surface area (Å²) < 4.78 is 1.89. The predicted molar refractivity (Wildman–Crippen MR) is 61.2 cm³/mol. The van der Waals surface area contributed by atoms with Crippen LogP contribution in [0.1, 0.15) is 11.4 Å². The largest absolute Gasteiger partial charge is 0.388 e. The van der Waals surface area contributed by atoms with Crippen LogP contribution in [0.5, 0.6) is 0 Å². The molecule has 0 bridgehead atoms. The number of nitrogens with zero attached hydrogens (tertiary/aromatic N) is 3. The SMILES string of the molecule is Cc1cc2nnc(CO)n2c2ccccc12. The van der Waals surface area contributed by atoms with Gasteiger partial charge in [0.05, 0.1) is 5.52 Å². The summed E-state index contributed by atoms with van der Waals surface area (Å²) in [6.07, 6.45) is 0. The molecule has 16 heavy (non-hydrogen) atoms. The van der Waals surface area contributed by atoms with E-state index in [9.17, 15) is 5.11 Å². The van der Waals surface area contributed by atoms with Crippen LogP contribution in [0.4, 0.5) is 0 Å². The molecule has 0 fully saturated rings. The predicted octanol–water partition coefficient (Wildman–Crippen LogP) is 1.68. The zero-order valence-electron chi connectivity index (χ0n) is 8.88. The average Bonchev–Trinajstić information content (AvgIpc) is 2.72. The number of aryl methyl sites for hydroxylation is 1. The fourth-order valence-corrected chi connectivity index (χ4v) is 2.06. The van der Waals surface area contributed by atoms with E-state index in [0.717, 1.165) is 16.6 Å². The Morgan fingerprint density at radius 2 is 2.06 bits per heavy atom. The summed E-state index contributed by atoms with van der Waals surface area (Å²) in [6.45, 7) is 1.95. The Kier molecular flexibility index (Phi) is 1.91. The Bertz CT molecular complexity index is 672. The molecule has 2 aromatic heterocycles. The summed E-state index contributed by atoms with van der Waals surface area (Å²) in [5.41, 5.74) is 2.98. The van der Waals surface area contributed by atoms with E-state index in [1.807, 2.05) is 28.7 Å². The molecule has 4 nitrogen and oxygen atoms in total. The maximum absolute atomic E-state index is 9.23. The number of fused-ring (bicyclic) bond motifs is 3. The maximum atomic E-state index is 9.23. The molecular weight excluding hydrogens is 202 g/mol. The third-order valence-electron chi connectivity index (χ3n) is 2.81. The minimum Gasteiger partial charge on any atom is -0.388 e. The van der Waals surface area contributed by atoms with Gasteiger partial charge >= 0.3 is 0 Å². The van der Waals surface area contributed by atoms with Crippen LogP contribution in [-0.2, 0) is 6.61 Å². The first-order chi connectivity index (χ1) is 7.81. The van der Waals surface area contributed by atoms with Crippen molar-refractivity contribution in [3.63, 3.8) is 0 Å².